The van der Waals surface area contributed by atoms with Crippen molar-refractivity contribution in [1.82, 2.24) is 9.97 Å². The number of nitrogens with zero attached hydrogens (tertiary/aromatic N) is 1. The molecule has 21 heavy (non-hydrogen) atoms. The minimum atomic E-state index is -0.572. The van der Waals surface area contributed by atoms with Crippen LogP contribution in [0.2, 0.25) is 0 Å². The molecule has 1 N–H and O–H groups in total. The Bertz CT molecular complexity index is 732. The summed E-state index contributed by atoms with van der Waals surface area (Å²) in [5.74, 6) is -0.569. The van der Waals surface area contributed by atoms with Crippen molar-refractivity contribution in [2.45, 2.75) is 45.4 Å². The molecule has 0 unspecified atom stereocenters. The number of esters is 1. The van der Waals surface area contributed by atoms with E-state index in [2.05, 4.69) is 9.97 Å². The topological polar surface area (TPSA) is 72.0 Å². The molecule has 1 aliphatic rings. The third-order valence-corrected chi connectivity index (χ3v) is 4.98. The Labute approximate surface area is 126 Å². The first-order valence-corrected chi connectivity index (χ1v) is 8.24. The van der Waals surface area contributed by atoms with Crippen molar-refractivity contribution in [2.24, 2.45) is 0 Å². The average molecular weight is 306 g/mol. The Morgan fingerprint density at radius 1 is 1.29 bits per heavy atom. The monoisotopic (exact) mass is 306 g/mol. The highest BCUT2D eigenvalue weighted by atomic mass is 32.1. The molecular weight excluding hydrogens is 288 g/mol. The largest absolute Gasteiger partial charge is 0.460 e. The number of thiophene rings is 1. The van der Waals surface area contributed by atoms with Gasteiger partial charge >= 0.3 is 5.97 Å². The minimum absolute atomic E-state index is 0.00331. The van der Waals surface area contributed by atoms with Gasteiger partial charge in [0.25, 0.3) is 5.56 Å². The number of aromatic amines is 1. The highest BCUT2D eigenvalue weighted by Gasteiger charge is 2.20. The lowest BCUT2D eigenvalue weighted by molar-refractivity contribution is 0.0512. The van der Waals surface area contributed by atoms with Crippen LogP contribution in [-0.2, 0) is 17.6 Å². The summed E-state index contributed by atoms with van der Waals surface area (Å²) < 4.78 is 4.91. The Kier molecular flexibility index (Phi) is 4.05. The molecule has 2 heterocycles. The number of ether oxygens (including phenoxy) is 1. The molecule has 0 saturated carbocycles. The molecule has 0 radical (unpaired) electrons. The zero-order valence-corrected chi connectivity index (χ0v) is 12.8. The maximum Gasteiger partial charge on any atom is 0.374 e. The van der Waals surface area contributed by atoms with Gasteiger partial charge in [-0.3, -0.25) is 4.79 Å². The molecule has 0 amide bonds. The first kappa shape index (κ1) is 14.3. The average Bonchev–Trinajstić information content (AvgIpc) is 2.76. The summed E-state index contributed by atoms with van der Waals surface area (Å²) in [5, 5.41) is 0.671. The molecule has 1 aliphatic carbocycles. The molecule has 0 saturated heterocycles. The molecule has 112 valence electrons. The Hall–Kier alpha value is -1.69. The number of hydrogen-bond acceptors (Lipinski definition) is 5. The van der Waals surface area contributed by atoms with Crippen LogP contribution in [0.3, 0.4) is 0 Å². The summed E-state index contributed by atoms with van der Waals surface area (Å²) in [6.45, 7) is 1.99. The molecule has 2 aromatic rings. The number of carbonyl (C=O) groups excluding carboxylic acids is 1. The van der Waals surface area contributed by atoms with E-state index in [4.69, 9.17) is 4.74 Å². The van der Waals surface area contributed by atoms with E-state index in [-0.39, 0.29) is 18.0 Å². The fourth-order valence-corrected chi connectivity index (χ4v) is 4.08. The van der Waals surface area contributed by atoms with Crippen LogP contribution in [0.15, 0.2) is 4.79 Å². The first-order chi connectivity index (χ1) is 10.2. The van der Waals surface area contributed by atoms with Gasteiger partial charge in [0.1, 0.15) is 4.83 Å². The molecule has 0 spiro atoms. The molecule has 0 fully saturated rings. The third kappa shape index (κ3) is 2.72. The zero-order chi connectivity index (χ0) is 14.8. The van der Waals surface area contributed by atoms with Crippen LogP contribution < -0.4 is 5.56 Å². The second kappa shape index (κ2) is 5.97. The van der Waals surface area contributed by atoms with Crippen LogP contribution in [0.4, 0.5) is 0 Å². The molecule has 0 aliphatic heterocycles. The summed E-state index contributed by atoms with van der Waals surface area (Å²) >= 11 is 1.55. The maximum absolute atomic E-state index is 12.3. The molecule has 0 atom stereocenters. The van der Waals surface area contributed by atoms with Gasteiger partial charge in [-0.25, -0.2) is 9.78 Å². The highest BCUT2D eigenvalue weighted by molar-refractivity contribution is 7.18. The highest BCUT2D eigenvalue weighted by Crippen LogP contribution is 2.32. The van der Waals surface area contributed by atoms with Gasteiger partial charge in [-0.15, -0.1) is 11.3 Å². The van der Waals surface area contributed by atoms with Crippen molar-refractivity contribution in [3.63, 3.8) is 0 Å². The van der Waals surface area contributed by atoms with E-state index in [0.717, 1.165) is 31.2 Å². The predicted molar refractivity (Wildman–Crippen MR) is 82.1 cm³/mol. The quantitative estimate of drug-likeness (QED) is 0.866. The van der Waals surface area contributed by atoms with Crippen molar-refractivity contribution < 1.29 is 9.53 Å². The number of H-pyrrole nitrogens is 1. The molecule has 5 nitrogen and oxygen atoms in total. The Morgan fingerprint density at radius 3 is 2.81 bits per heavy atom. The fourth-order valence-electron chi connectivity index (χ4n) is 2.81. The lowest BCUT2D eigenvalue weighted by Gasteiger charge is -2.08. The zero-order valence-electron chi connectivity index (χ0n) is 12.0. The number of aryl methyl sites for hydroxylation is 2. The molecule has 3 rings (SSSR count). The number of rotatable bonds is 2. The summed E-state index contributed by atoms with van der Waals surface area (Å²) in [6, 6.07) is 0. The van der Waals surface area contributed by atoms with Crippen molar-refractivity contribution >= 4 is 27.5 Å². The molecule has 2 aromatic heterocycles. The number of aromatic nitrogens is 2. The smallest absolute Gasteiger partial charge is 0.374 e. The van der Waals surface area contributed by atoms with Gasteiger partial charge in [-0.1, -0.05) is 12.8 Å². The number of carbonyl (C=O) groups is 1. The Balaban J connectivity index is 2.12. The van der Waals surface area contributed by atoms with Gasteiger partial charge in [0.15, 0.2) is 0 Å². The second-order valence-electron chi connectivity index (χ2n) is 5.23. The normalized spacial score (nSPS) is 15.3. The molecule has 6 heteroatoms. The standard InChI is InChI=1S/C15H18N2O3S/c1-2-20-15(19)12-16-13(18)11-9-7-5-3-4-6-8-10(9)21-14(11)17-12/h2-8H2,1H3,(H,16,17,18). The number of fused-ring (bicyclic) bond motifs is 3. The van der Waals surface area contributed by atoms with Gasteiger partial charge in [0, 0.05) is 4.88 Å². The van der Waals surface area contributed by atoms with Crippen LogP contribution in [0.5, 0.6) is 0 Å². The minimum Gasteiger partial charge on any atom is -0.460 e. The van der Waals surface area contributed by atoms with Gasteiger partial charge < -0.3 is 9.72 Å². The maximum atomic E-state index is 12.3. The van der Waals surface area contributed by atoms with E-state index in [9.17, 15) is 9.59 Å². The van der Waals surface area contributed by atoms with Crippen LogP contribution in [-0.4, -0.2) is 22.5 Å². The number of hydrogen-bond donors (Lipinski definition) is 1. The van der Waals surface area contributed by atoms with E-state index in [1.165, 1.54) is 17.7 Å². The van der Waals surface area contributed by atoms with Crippen LogP contribution in [0.1, 0.15) is 53.7 Å². The van der Waals surface area contributed by atoms with Crippen LogP contribution in [0, 0.1) is 0 Å². The van der Waals surface area contributed by atoms with Crippen molar-refractivity contribution in [1.29, 1.82) is 0 Å². The SMILES string of the molecule is CCOC(=O)c1nc2sc3c(c2c(=O)[nH]1)CCCCCC3. The van der Waals surface area contributed by atoms with Crippen LogP contribution >= 0.6 is 11.3 Å². The molecule has 0 bridgehead atoms. The van der Waals surface area contributed by atoms with E-state index >= 15 is 0 Å². The van der Waals surface area contributed by atoms with E-state index in [1.807, 2.05) is 0 Å². The lowest BCUT2D eigenvalue weighted by atomic mass is 9.98. The summed E-state index contributed by atoms with van der Waals surface area (Å²) in [4.78, 5) is 32.9. The fraction of sp³-hybridized carbons (Fsp3) is 0.533. The molecule has 0 aromatic carbocycles. The predicted octanol–water partition coefficient (Wildman–Crippen LogP) is 2.82. The van der Waals surface area contributed by atoms with Crippen molar-refractivity contribution in [2.75, 3.05) is 6.61 Å². The lowest BCUT2D eigenvalue weighted by Crippen LogP contribution is -2.17. The molecular formula is C15H18N2O3S. The van der Waals surface area contributed by atoms with E-state index < -0.39 is 5.97 Å². The van der Waals surface area contributed by atoms with Gasteiger partial charge in [-0.05, 0) is 38.2 Å². The Morgan fingerprint density at radius 2 is 2.05 bits per heavy atom. The van der Waals surface area contributed by atoms with Crippen molar-refractivity contribution in [3.05, 3.63) is 26.6 Å². The summed E-state index contributed by atoms with van der Waals surface area (Å²) in [5.41, 5.74) is 0.917. The van der Waals surface area contributed by atoms with E-state index in [0.29, 0.717) is 10.2 Å². The number of nitrogens with one attached hydrogen (secondary N) is 1. The van der Waals surface area contributed by atoms with E-state index in [1.54, 1.807) is 18.3 Å². The third-order valence-electron chi connectivity index (χ3n) is 3.79. The van der Waals surface area contributed by atoms with Crippen LogP contribution in [0.25, 0.3) is 10.2 Å². The van der Waals surface area contributed by atoms with Gasteiger partial charge in [0.05, 0.1) is 12.0 Å². The first-order valence-electron chi connectivity index (χ1n) is 7.42. The summed E-state index contributed by atoms with van der Waals surface area (Å²) in [7, 11) is 0. The van der Waals surface area contributed by atoms with Gasteiger partial charge in [0.2, 0.25) is 5.82 Å². The van der Waals surface area contributed by atoms with Gasteiger partial charge in [-0.2, -0.15) is 0 Å². The van der Waals surface area contributed by atoms with Crippen molar-refractivity contribution in [3.8, 4) is 0 Å². The second-order valence-corrected chi connectivity index (χ2v) is 6.32. The summed E-state index contributed by atoms with van der Waals surface area (Å²) in [6.07, 6.45) is 6.65.